The first-order valence-corrected chi connectivity index (χ1v) is 9.61. The Labute approximate surface area is 167 Å². The maximum atomic E-state index is 6.28. The summed E-state index contributed by atoms with van der Waals surface area (Å²) in [6, 6.07) is 26.8. The Balaban J connectivity index is 1.75. The van der Waals surface area contributed by atoms with Crippen LogP contribution < -0.4 is 0 Å². The summed E-state index contributed by atoms with van der Waals surface area (Å²) in [7, 11) is 0. The molecule has 29 heavy (non-hydrogen) atoms. The van der Waals surface area contributed by atoms with E-state index in [0.717, 1.165) is 55.7 Å². The Morgan fingerprint density at radius 3 is 2.52 bits per heavy atom. The number of aryl methyl sites for hydroxylation is 1. The van der Waals surface area contributed by atoms with Crippen LogP contribution in [0.5, 0.6) is 0 Å². The summed E-state index contributed by atoms with van der Waals surface area (Å²) in [5.74, 6) is 0.850. The first-order valence-electron chi connectivity index (χ1n) is 9.61. The summed E-state index contributed by atoms with van der Waals surface area (Å²) in [5.41, 5.74) is 6.62. The molecule has 0 spiro atoms. The summed E-state index contributed by atoms with van der Waals surface area (Å²) < 4.78 is 8.47. The highest BCUT2D eigenvalue weighted by atomic mass is 16.3. The first-order chi connectivity index (χ1) is 14.3. The van der Waals surface area contributed by atoms with E-state index in [4.69, 9.17) is 9.40 Å². The molecule has 0 aliphatic rings. The molecule has 0 radical (unpaired) electrons. The van der Waals surface area contributed by atoms with Crippen molar-refractivity contribution in [3.8, 4) is 17.1 Å². The molecule has 0 N–H and O–H groups in total. The van der Waals surface area contributed by atoms with Gasteiger partial charge in [0.2, 0.25) is 0 Å². The smallest absolute Gasteiger partial charge is 0.149 e. The minimum atomic E-state index is 0.850. The second-order valence-corrected chi connectivity index (χ2v) is 7.20. The van der Waals surface area contributed by atoms with Crippen molar-refractivity contribution in [2.24, 2.45) is 0 Å². The monoisotopic (exact) mass is 375 g/mol. The Kier molecular flexibility index (Phi) is 3.35. The molecular formula is C25H17N3O. The number of pyridine rings is 1. The average Bonchev–Trinajstić information content (AvgIpc) is 3.32. The van der Waals surface area contributed by atoms with E-state index in [1.165, 1.54) is 0 Å². The molecule has 4 nitrogen and oxygen atoms in total. The standard InChI is InChI=1S/C25H17N3O/c1-16-14-22-21(15-26-16)27-25(28(22)17-8-3-2-4-9-17)20-12-7-11-19-18-10-5-6-13-23(18)29-24(19)20/h2-15H,1H3. The third-order valence-electron chi connectivity index (χ3n) is 5.34. The van der Waals surface area contributed by atoms with E-state index >= 15 is 0 Å². The quantitative estimate of drug-likeness (QED) is 0.357. The van der Waals surface area contributed by atoms with Crippen molar-refractivity contribution in [3.05, 3.63) is 90.8 Å². The molecule has 0 saturated carbocycles. The summed E-state index contributed by atoms with van der Waals surface area (Å²) in [5, 5.41) is 2.21. The fraction of sp³-hybridized carbons (Fsp3) is 0.0400. The molecule has 138 valence electrons. The largest absolute Gasteiger partial charge is 0.455 e. The van der Waals surface area contributed by atoms with Crippen molar-refractivity contribution < 1.29 is 4.42 Å². The highest BCUT2D eigenvalue weighted by Gasteiger charge is 2.19. The van der Waals surface area contributed by atoms with Gasteiger partial charge in [-0.25, -0.2) is 4.98 Å². The third kappa shape index (κ3) is 2.39. The van der Waals surface area contributed by atoms with Crippen molar-refractivity contribution in [1.82, 2.24) is 14.5 Å². The van der Waals surface area contributed by atoms with Crippen LogP contribution >= 0.6 is 0 Å². The molecule has 6 aromatic rings. The number of benzene rings is 3. The number of hydrogen-bond donors (Lipinski definition) is 0. The number of para-hydroxylation sites is 3. The zero-order valence-electron chi connectivity index (χ0n) is 15.8. The Morgan fingerprint density at radius 2 is 1.62 bits per heavy atom. The van der Waals surface area contributed by atoms with Gasteiger partial charge in [-0.15, -0.1) is 0 Å². The second kappa shape index (κ2) is 6.04. The molecule has 0 saturated heterocycles. The zero-order valence-corrected chi connectivity index (χ0v) is 15.8. The molecule has 0 aliphatic heterocycles. The van der Waals surface area contributed by atoms with E-state index < -0.39 is 0 Å². The van der Waals surface area contributed by atoms with Crippen LogP contribution in [0.1, 0.15) is 5.69 Å². The molecule has 0 unspecified atom stereocenters. The maximum Gasteiger partial charge on any atom is 0.149 e. The van der Waals surface area contributed by atoms with Gasteiger partial charge in [-0.2, -0.15) is 0 Å². The number of hydrogen-bond acceptors (Lipinski definition) is 3. The van der Waals surface area contributed by atoms with Crippen LogP contribution in [0.15, 0.2) is 89.5 Å². The average molecular weight is 375 g/mol. The van der Waals surface area contributed by atoms with Gasteiger partial charge in [-0.05, 0) is 37.3 Å². The van der Waals surface area contributed by atoms with Gasteiger partial charge in [0.05, 0.1) is 17.3 Å². The van der Waals surface area contributed by atoms with E-state index in [9.17, 15) is 0 Å². The van der Waals surface area contributed by atoms with Crippen LogP contribution in [0, 0.1) is 6.92 Å². The molecule has 0 bridgehead atoms. The van der Waals surface area contributed by atoms with E-state index in [1.54, 1.807) is 0 Å². The molecule has 4 heteroatoms. The van der Waals surface area contributed by atoms with Gasteiger partial charge in [0, 0.05) is 22.2 Å². The summed E-state index contributed by atoms with van der Waals surface area (Å²) in [6.07, 6.45) is 1.84. The van der Waals surface area contributed by atoms with E-state index in [0.29, 0.717) is 0 Å². The molecule has 3 aromatic carbocycles. The van der Waals surface area contributed by atoms with Crippen molar-refractivity contribution in [2.45, 2.75) is 6.92 Å². The predicted octanol–water partition coefficient (Wildman–Crippen LogP) is 6.30. The van der Waals surface area contributed by atoms with Gasteiger partial charge in [-0.1, -0.05) is 48.5 Å². The summed E-state index contributed by atoms with van der Waals surface area (Å²) in [4.78, 5) is 9.41. The maximum absolute atomic E-state index is 6.28. The molecule has 0 fully saturated rings. The molecule has 0 aliphatic carbocycles. The van der Waals surface area contributed by atoms with E-state index in [2.05, 4.69) is 52.0 Å². The predicted molar refractivity (Wildman–Crippen MR) is 116 cm³/mol. The third-order valence-corrected chi connectivity index (χ3v) is 5.34. The molecule has 3 heterocycles. The fourth-order valence-corrected chi connectivity index (χ4v) is 4.02. The highest BCUT2D eigenvalue weighted by molar-refractivity contribution is 6.09. The lowest BCUT2D eigenvalue weighted by Gasteiger charge is -2.10. The zero-order chi connectivity index (χ0) is 19.4. The fourth-order valence-electron chi connectivity index (χ4n) is 4.02. The van der Waals surface area contributed by atoms with Gasteiger partial charge < -0.3 is 4.42 Å². The van der Waals surface area contributed by atoms with Crippen LogP contribution in [0.4, 0.5) is 0 Å². The Morgan fingerprint density at radius 1 is 0.828 bits per heavy atom. The molecule has 6 rings (SSSR count). The molecular weight excluding hydrogens is 358 g/mol. The van der Waals surface area contributed by atoms with Gasteiger partial charge >= 0.3 is 0 Å². The van der Waals surface area contributed by atoms with Crippen LogP contribution in [0.3, 0.4) is 0 Å². The number of rotatable bonds is 2. The van der Waals surface area contributed by atoms with E-state index in [-0.39, 0.29) is 0 Å². The topological polar surface area (TPSA) is 43.9 Å². The van der Waals surface area contributed by atoms with Crippen molar-refractivity contribution in [2.75, 3.05) is 0 Å². The van der Waals surface area contributed by atoms with Gasteiger partial charge in [0.15, 0.2) is 0 Å². The highest BCUT2D eigenvalue weighted by Crippen LogP contribution is 2.37. The van der Waals surface area contributed by atoms with Crippen LogP contribution in [0.25, 0.3) is 50.0 Å². The van der Waals surface area contributed by atoms with Gasteiger partial charge in [0.25, 0.3) is 0 Å². The minimum absolute atomic E-state index is 0.850. The normalized spacial score (nSPS) is 11.6. The van der Waals surface area contributed by atoms with Crippen molar-refractivity contribution >= 4 is 33.0 Å². The SMILES string of the molecule is Cc1cc2c(cn1)nc(-c1cccc3c1oc1ccccc13)n2-c1ccccc1. The molecule has 3 aromatic heterocycles. The first kappa shape index (κ1) is 16.1. The van der Waals surface area contributed by atoms with E-state index in [1.807, 2.05) is 49.5 Å². The number of furan rings is 1. The number of aromatic nitrogens is 3. The minimum Gasteiger partial charge on any atom is -0.455 e. The number of imidazole rings is 1. The summed E-state index contributed by atoms with van der Waals surface area (Å²) in [6.45, 7) is 2.00. The molecule has 0 amide bonds. The Bertz CT molecular complexity index is 1510. The van der Waals surface area contributed by atoms with Crippen molar-refractivity contribution in [3.63, 3.8) is 0 Å². The lowest BCUT2D eigenvalue weighted by atomic mass is 10.1. The van der Waals surface area contributed by atoms with Crippen LogP contribution in [-0.2, 0) is 0 Å². The lowest BCUT2D eigenvalue weighted by Crippen LogP contribution is -1.97. The van der Waals surface area contributed by atoms with Crippen LogP contribution in [-0.4, -0.2) is 14.5 Å². The van der Waals surface area contributed by atoms with Crippen molar-refractivity contribution in [1.29, 1.82) is 0 Å². The molecule has 0 atom stereocenters. The van der Waals surface area contributed by atoms with Gasteiger partial charge in [0.1, 0.15) is 22.5 Å². The van der Waals surface area contributed by atoms with Crippen LogP contribution in [0.2, 0.25) is 0 Å². The lowest BCUT2D eigenvalue weighted by molar-refractivity contribution is 0.669. The second-order valence-electron chi connectivity index (χ2n) is 7.20. The summed E-state index contributed by atoms with van der Waals surface area (Å²) >= 11 is 0. The Hall–Kier alpha value is -3.92. The van der Waals surface area contributed by atoms with Gasteiger partial charge in [-0.3, -0.25) is 9.55 Å². The number of fused-ring (bicyclic) bond motifs is 4. The number of nitrogens with zero attached hydrogens (tertiary/aromatic N) is 3.